The zero-order chi connectivity index (χ0) is 13.8. The van der Waals surface area contributed by atoms with Crippen molar-refractivity contribution in [3.8, 4) is 0 Å². The minimum Gasteiger partial charge on any atom is -0.369 e. The third kappa shape index (κ3) is 3.41. The summed E-state index contributed by atoms with van der Waals surface area (Å²) in [4.78, 5) is 24.2. The Morgan fingerprint density at radius 1 is 1.42 bits per heavy atom. The van der Waals surface area contributed by atoms with Crippen LogP contribution in [0.25, 0.3) is 0 Å². The second kappa shape index (κ2) is 5.97. The molecule has 0 atom stereocenters. The van der Waals surface area contributed by atoms with Crippen LogP contribution in [0.5, 0.6) is 0 Å². The average molecular weight is 260 g/mol. The number of aryl methyl sites for hydroxylation is 1. The van der Waals surface area contributed by atoms with Crippen LogP contribution in [0.2, 0.25) is 0 Å². The third-order valence-electron chi connectivity index (χ3n) is 3.89. The molecule has 4 nitrogen and oxygen atoms in total. The Kier molecular flexibility index (Phi) is 4.32. The molecule has 1 saturated heterocycles. The van der Waals surface area contributed by atoms with Gasteiger partial charge in [0, 0.05) is 18.0 Å². The van der Waals surface area contributed by atoms with E-state index in [9.17, 15) is 9.59 Å². The van der Waals surface area contributed by atoms with E-state index in [0.29, 0.717) is 5.56 Å². The van der Waals surface area contributed by atoms with Crippen LogP contribution in [0.4, 0.5) is 0 Å². The summed E-state index contributed by atoms with van der Waals surface area (Å²) in [5, 5.41) is 0. The molecule has 1 aromatic carbocycles. The smallest absolute Gasteiger partial charge is 0.220 e. The first-order valence-electron chi connectivity index (χ1n) is 6.66. The van der Waals surface area contributed by atoms with Gasteiger partial charge < -0.3 is 5.73 Å². The average Bonchev–Trinajstić information content (AvgIpc) is 2.41. The molecule has 2 rings (SSSR count). The van der Waals surface area contributed by atoms with Crippen molar-refractivity contribution in [2.24, 2.45) is 11.7 Å². The Bertz CT molecular complexity index is 477. The van der Waals surface area contributed by atoms with Crippen molar-refractivity contribution in [2.45, 2.75) is 26.3 Å². The summed E-state index contributed by atoms with van der Waals surface area (Å²) in [5.41, 5.74) is 8.43. The maximum absolute atomic E-state index is 11.1. The second-order valence-electron chi connectivity index (χ2n) is 5.26. The Morgan fingerprint density at radius 2 is 2.11 bits per heavy atom. The molecule has 0 unspecified atom stereocenters. The van der Waals surface area contributed by atoms with Crippen molar-refractivity contribution in [3.63, 3.8) is 0 Å². The van der Waals surface area contributed by atoms with Crippen molar-refractivity contribution in [1.82, 2.24) is 4.90 Å². The first kappa shape index (κ1) is 13.7. The molecule has 1 aliphatic heterocycles. The van der Waals surface area contributed by atoms with Gasteiger partial charge in [-0.15, -0.1) is 0 Å². The van der Waals surface area contributed by atoms with Gasteiger partial charge in [0.1, 0.15) is 6.29 Å². The van der Waals surface area contributed by atoms with Gasteiger partial charge >= 0.3 is 0 Å². The van der Waals surface area contributed by atoms with E-state index in [1.165, 1.54) is 5.56 Å². The van der Waals surface area contributed by atoms with Gasteiger partial charge in [-0.05, 0) is 50.0 Å². The zero-order valence-electron chi connectivity index (χ0n) is 11.3. The highest BCUT2D eigenvalue weighted by atomic mass is 16.1. The molecule has 0 spiro atoms. The number of amides is 1. The van der Waals surface area contributed by atoms with Crippen LogP contribution in [-0.4, -0.2) is 30.2 Å². The lowest BCUT2D eigenvalue weighted by atomic mass is 9.95. The summed E-state index contributed by atoms with van der Waals surface area (Å²) in [7, 11) is 0. The minimum atomic E-state index is -0.175. The van der Waals surface area contributed by atoms with E-state index in [4.69, 9.17) is 5.73 Å². The van der Waals surface area contributed by atoms with Gasteiger partial charge in [0.25, 0.3) is 0 Å². The predicted molar refractivity (Wildman–Crippen MR) is 73.8 cm³/mol. The van der Waals surface area contributed by atoms with Crippen molar-refractivity contribution >= 4 is 12.2 Å². The number of carbonyl (C=O) groups excluding carboxylic acids is 2. The van der Waals surface area contributed by atoms with E-state index in [0.717, 1.165) is 44.3 Å². The normalized spacial score (nSPS) is 17.3. The lowest BCUT2D eigenvalue weighted by Crippen LogP contribution is -2.38. The molecule has 102 valence electrons. The van der Waals surface area contributed by atoms with Gasteiger partial charge in [-0.1, -0.05) is 12.1 Å². The molecule has 2 N–H and O–H groups in total. The highest BCUT2D eigenvalue weighted by Crippen LogP contribution is 2.20. The number of likely N-dealkylation sites (tertiary alicyclic amines) is 1. The minimum absolute atomic E-state index is 0.0368. The van der Waals surface area contributed by atoms with Crippen LogP contribution in [0.3, 0.4) is 0 Å². The zero-order valence-corrected chi connectivity index (χ0v) is 11.3. The number of nitrogens with zero attached hydrogens (tertiary/aromatic N) is 1. The molecule has 1 amide bonds. The van der Waals surface area contributed by atoms with E-state index in [-0.39, 0.29) is 11.8 Å². The Hall–Kier alpha value is -1.68. The van der Waals surface area contributed by atoms with Crippen LogP contribution in [0.1, 0.15) is 34.3 Å². The molecule has 4 heteroatoms. The highest BCUT2D eigenvalue weighted by Gasteiger charge is 2.23. The number of piperidine rings is 1. The maximum atomic E-state index is 11.1. The maximum Gasteiger partial charge on any atom is 0.220 e. The molecule has 0 radical (unpaired) electrons. The quantitative estimate of drug-likeness (QED) is 0.835. The van der Waals surface area contributed by atoms with E-state index >= 15 is 0 Å². The summed E-state index contributed by atoms with van der Waals surface area (Å²) in [6.45, 7) is 4.71. The summed E-state index contributed by atoms with van der Waals surface area (Å²) in [6.07, 6.45) is 2.57. The van der Waals surface area contributed by atoms with Crippen molar-refractivity contribution in [3.05, 3.63) is 34.9 Å². The molecule has 0 aromatic heterocycles. The molecular formula is C15H20N2O2. The van der Waals surface area contributed by atoms with Gasteiger partial charge in [-0.3, -0.25) is 14.5 Å². The first-order chi connectivity index (χ1) is 9.10. The van der Waals surface area contributed by atoms with Gasteiger partial charge in [0.15, 0.2) is 0 Å². The predicted octanol–water partition coefficient (Wildman–Crippen LogP) is 1.50. The largest absolute Gasteiger partial charge is 0.369 e. The second-order valence-corrected chi connectivity index (χ2v) is 5.26. The molecule has 0 saturated carbocycles. The van der Waals surface area contributed by atoms with Crippen LogP contribution >= 0.6 is 0 Å². The van der Waals surface area contributed by atoms with Crippen LogP contribution < -0.4 is 5.73 Å². The van der Waals surface area contributed by atoms with Gasteiger partial charge in [-0.25, -0.2) is 0 Å². The number of hydrogen-bond donors (Lipinski definition) is 1. The number of hydrogen-bond acceptors (Lipinski definition) is 3. The third-order valence-corrected chi connectivity index (χ3v) is 3.89. The first-order valence-corrected chi connectivity index (χ1v) is 6.66. The van der Waals surface area contributed by atoms with Gasteiger partial charge in [0.05, 0.1) is 0 Å². The Labute approximate surface area is 113 Å². The lowest BCUT2D eigenvalue weighted by Gasteiger charge is -2.30. The van der Waals surface area contributed by atoms with Crippen LogP contribution in [-0.2, 0) is 11.3 Å². The number of primary amides is 1. The number of benzene rings is 1. The number of nitrogens with two attached hydrogens (primary N) is 1. The van der Waals surface area contributed by atoms with Crippen LogP contribution in [0.15, 0.2) is 18.2 Å². The number of carbonyl (C=O) groups is 2. The van der Waals surface area contributed by atoms with E-state index in [1.54, 1.807) is 0 Å². The summed E-state index contributed by atoms with van der Waals surface area (Å²) < 4.78 is 0. The Balaban J connectivity index is 1.95. The lowest BCUT2D eigenvalue weighted by molar-refractivity contribution is -0.123. The molecule has 1 aromatic rings. The van der Waals surface area contributed by atoms with Gasteiger partial charge in [0.2, 0.25) is 5.91 Å². The van der Waals surface area contributed by atoms with E-state index in [2.05, 4.69) is 4.90 Å². The summed E-state index contributed by atoms with van der Waals surface area (Å²) >= 11 is 0. The van der Waals surface area contributed by atoms with E-state index < -0.39 is 0 Å². The highest BCUT2D eigenvalue weighted by molar-refractivity contribution is 5.76. The van der Waals surface area contributed by atoms with Crippen LogP contribution in [0, 0.1) is 12.8 Å². The van der Waals surface area contributed by atoms with Gasteiger partial charge in [-0.2, -0.15) is 0 Å². The summed E-state index contributed by atoms with van der Waals surface area (Å²) in [6, 6.07) is 5.78. The fourth-order valence-electron chi connectivity index (χ4n) is 2.59. The molecular weight excluding hydrogens is 240 g/mol. The summed E-state index contributed by atoms with van der Waals surface area (Å²) in [5.74, 6) is -0.138. The van der Waals surface area contributed by atoms with E-state index in [1.807, 2.05) is 25.1 Å². The fourth-order valence-corrected chi connectivity index (χ4v) is 2.59. The SMILES string of the molecule is Cc1cc(C=O)ccc1CN1CCC(C(N)=O)CC1. The fraction of sp³-hybridized carbons (Fsp3) is 0.467. The Morgan fingerprint density at radius 3 is 2.63 bits per heavy atom. The monoisotopic (exact) mass is 260 g/mol. The van der Waals surface area contributed by atoms with Crippen molar-refractivity contribution in [1.29, 1.82) is 0 Å². The van der Waals surface area contributed by atoms with Crippen molar-refractivity contribution in [2.75, 3.05) is 13.1 Å². The molecule has 0 bridgehead atoms. The van der Waals surface area contributed by atoms with Crippen molar-refractivity contribution < 1.29 is 9.59 Å². The number of rotatable bonds is 4. The molecule has 19 heavy (non-hydrogen) atoms. The number of aldehydes is 1. The standard InChI is InChI=1S/C15H20N2O2/c1-11-8-12(10-18)2-3-14(11)9-17-6-4-13(5-7-17)15(16)19/h2-3,8,10,13H,4-7,9H2,1H3,(H2,16,19). The molecule has 1 fully saturated rings. The molecule has 1 aliphatic rings. The molecule has 1 heterocycles. The molecule has 0 aliphatic carbocycles. The topological polar surface area (TPSA) is 63.4 Å².